The fourth-order valence-electron chi connectivity index (χ4n) is 3.87. The molecule has 1 heterocycles. The largest absolute Gasteiger partial charge is 0.339 e. The molecule has 6 nitrogen and oxygen atoms in total. The smallest absolute Gasteiger partial charge is 0.244 e. The number of rotatable bonds is 4. The molecule has 0 N–H and O–H groups in total. The van der Waals surface area contributed by atoms with Crippen LogP contribution in [0.2, 0.25) is 0 Å². The van der Waals surface area contributed by atoms with Gasteiger partial charge in [0.25, 0.3) is 0 Å². The molecule has 0 spiro atoms. The maximum absolute atomic E-state index is 13.1. The molecule has 2 aromatic carbocycles. The predicted octanol–water partition coefficient (Wildman–Crippen LogP) is 2.12. The molecule has 2 fully saturated rings. The quantitative estimate of drug-likeness (QED) is 0.794. The van der Waals surface area contributed by atoms with Crippen LogP contribution in [0.15, 0.2) is 59.5 Å². The average Bonchev–Trinajstić information content (AvgIpc) is 3.56. The van der Waals surface area contributed by atoms with E-state index < -0.39 is 15.4 Å². The molecule has 28 heavy (non-hydrogen) atoms. The Hall–Kier alpha value is -2.69. The highest BCUT2D eigenvalue weighted by atomic mass is 32.2. The SMILES string of the molecule is N#Cc1ccccc1S(=O)(=O)N1CCN(C(=O)C2(c3ccccc3)CC2)CC1. The molecule has 2 aliphatic rings. The van der Waals surface area contributed by atoms with Crippen molar-refractivity contribution in [2.75, 3.05) is 26.2 Å². The lowest BCUT2D eigenvalue weighted by Gasteiger charge is -2.36. The van der Waals surface area contributed by atoms with Gasteiger partial charge in [-0.3, -0.25) is 4.79 Å². The molecule has 0 unspecified atom stereocenters. The normalized spacial score (nSPS) is 19.0. The summed E-state index contributed by atoms with van der Waals surface area (Å²) < 4.78 is 27.3. The molecule has 1 saturated carbocycles. The summed E-state index contributed by atoms with van der Waals surface area (Å²) in [5.41, 5.74) is 0.746. The highest BCUT2D eigenvalue weighted by Gasteiger charge is 2.53. The number of nitrogens with zero attached hydrogens (tertiary/aromatic N) is 3. The Balaban J connectivity index is 1.48. The molecule has 0 atom stereocenters. The van der Waals surface area contributed by atoms with Crippen molar-refractivity contribution in [1.82, 2.24) is 9.21 Å². The van der Waals surface area contributed by atoms with Gasteiger partial charge in [0.15, 0.2) is 0 Å². The summed E-state index contributed by atoms with van der Waals surface area (Å²) in [7, 11) is -3.75. The van der Waals surface area contributed by atoms with Crippen molar-refractivity contribution in [1.29, 1.82) is 5.26 Å². The maximum atomic E-state index is 13.1. The first-order valence-electron chi connectivity index (χ1n) is 9.33. The van der Waals surface area contributed by atoms with Crippen LogP contribution >= 0.6 is 0 Å². The van der Waals surface area contributed by atoms with Crippen molar-refractivity contribution in [2.24, 2.45) is 0 Å². The van der Waals surface area contributed by atoms with Gasteiger partial charge in [-0.15, -0.1) is 0 Å². The van der Waals surface area contributed by atoms with Crippen LogP contribution < -0.4 is 0 Å². The summed E-state index contributed by atoms with van der Waals surface area (Å²) >= 11 is 0. The molecule has 4 rings (SSSR count). The number of sulfonamides is 1. The van der Waals surface area contributed by atoms with Crippen LogP contribution in [0.1, 0.15) is 24.0 Å². The summed E-state index contributed by atoms with van der Waals surface area (Å²) in [6, 6.07) is 18.0. The minimum absolute atomic E-state index is 0.0280. The Morgan fingerprint density at radius 1 is 0.929 bits per heavy atom. The monoisotopic (exact) mass is 395 g/mol. The minimum atomic E-state index is -3.75. The summed E-state index contributed by atoms with van der Waals surface area (Å²) in [4.78, 5) is 14.9. The van der Waals surface area contributed by atoms with Gasteiger partial charge in [-0.25, -0.2) is 8.42 Å². The zero-order valence-electron chi connectivity index (χ0n) is 15.4. The van der Waals surface area contributed by atoms with E-state index in [1.807, 2.05) is 36.4 Å². The zero-order chi connectivity index (χ0) is 19.8. The Kier molecular flexibility index (Phi) is 4.69. The third-order valence-corrected chi connectivity index (χ3v) is 7.59. The van der Waals surface area contributed by atoms with Gasteiger partial charge in [0.2, 0.25) is 15.9 Å². The number of hydrogen-bond donors (Lipinski definition) is 0. The van der Waals surface area contributed by atoms with Crippen LogP contribution in [0.3, 0.4) is 0 Å². The fraction of sp³-hybridized carbons (Fsp3) is 0.333. The van der Waals surface area contributed by atoms with Gasteiger partial charge >= 0.3 is 0 Å². The van der Waals surface area contributed by atoms with Crippen molar-refractivity contribution < 1.29 is 13.2 Å². The average molecular weight is 395 g/mol. The van der Waals surface area contributed by atoms with Crippen molar-refractivity contribution in [3.05, 3.63) is 65.7 Å². The van der Waals surface area contributed by atoms with Gasteiger partial charge in [-0.05, 0) is 30.5 Å². The van der Waals surface area contributed by atoms with Crippen LogP contribution in [0.5, 0.6) is 0 Å². The molecule has 1 aliphatic carbocycles. The van der Waals surface area contributed by atoms with E-state index in [4.69, 9.17) is 0 Å². The van der Waals surface area contributed by atoms with E-state index in [0.29, 0.717) is 13.1 Å². The lowest BCUT2D eigenvalue weighted by atomic mass is 9.94. The maximum Gasteiger partial charge on any atom is 0.244 e. The van der Waals surface area contributed by atoms with Crippen LogP contribution in [-0.2, 0) is 20.2 Å². The van der Waals surface area contributed by atoms with Crippen LogP contribution in [-0.4, -0.2) is 49.7 Å². The molecular formula is C21H21N3O3S. The highest BCUT2D eigenvalue weighted by molar-refractivity contribution is 7.89. The Morgan fingerprint density at radius 2 is 1.54 bits per heavy atom. The van der Waals surface area contributed by atoms with E-state index >= 15 is 0 Å². The standard InChI is InChI=1S/C21H21N3O3S/c22-16-17-6-4-5-9-19(17)28(26,27)24-14-12-23(13-15-24)20(25)21(10-11-21)18-7-2-1-3-8-18/h1-9H,10-15H2. The third-order valence-electron chi connectivity index (χ3n) is 5.64. The molecule has 144 valence electrons. The summed E-state index contributed by atoms with van der Waals surface area (Å²) in [6.45, 7) is 1.19. The number of nitriles is 1. The summed E-state index contributed by atoms with van der Waals surface area (Å²) in [5.74, 6) is 0.0909. The van der Waals surface area contributed by atoms with E-state index in [9.17, 15) is 18.5 Å². The number of carbonyl (C=O) groups is 1. The van der Waals surface area contributed by atoms with Gasteiger partial charge in [0.1, 0.15) is 6.07 Å². The summed E-state index contributed by atoms with van der Waals surface area (Å²) in [6.07, 6.45) is 1.67. The lowest BCUT2D eigenvalue weighted by Crippen LogP contribution is -2.52. The van der Waals surface area contributed by atoms with Crippen LogP contribution in [0.25, 0.3) is 0 Å². The molecule has 1 aliphatic heterocycles. The molecule has 2 aromatic rings. The third kappa shape index (κ3) is 3.09. The first kappa shape index (κ1) is 18.7. The van der Waals surface area contributed by atoms with Gasteiger partial charge in [-0.1, -0.05) is 42.5 Å². The van der Waals surface area contributed by atoms with E-state index in [0.717, 1.165) is 18.4 Å². The molecule has 1 amide bonds. The van der Waals surface area contributed by atoms with Gasteiger partial charge in [0, 0.05) is 26.2 Å². The number of amides is 1. The number of hydrogen-bond acceptors (Lipinski definition) is 4. The van der Waals surface area contributed by atoms with E-state index in [-0.39, 0.29) is 29.5 Å². The van der Waals surface area contributed by atoms with E-state index in [1.54, 1.807) is 17.0 Å². The van der Waals surface area contributed by atoms with Crippen molar-refractivity contribution in [2.45, 2.75) is 23.2 Å². The first-order valence-corrected chi connectivity index (χ1v) is 10.8. The highest BCUT2D eigenvalue weighted by Crippen LogP contribution is 2.49. The van der Waals surface area contributed by atoms with Gasteiger partial charge in [0.05, 0.1) is 15.9 Å². The number of benzene rings is 2. The lowest BCUT2D eigenvalue weighted by molar-refractivity contribution is -0.135. The first-order chi connectivity index (χ1) is 13.5. The van der Waals surface area contributed by atoms with Gasteiger partial charge < -0.3 is 4.90 Å². The summed E-state index contributed by atoms with van der Waals surface area (Å²) in [5, 5.41) is 9.21. The molecule has 7 heteroatoms. The second-order valence-electron chi connectivity index (χ2n) is 7.25. The van der Waals surface area contributed by atoms with Crippen LogP contribution in [0, 0.1) is 11.3 Å². The topological polar surface area (TPSA) is 81.5 Å². The Bertz CT molecular complexity index is 1030. The number of carbonyl (C=O) groups excluding carboxylic acids is 1. The van der Waals surface area contributed by atoms with Crippen LogP contribution in [0.4, 0.5) is 0 Å². The second kappa shape index (κ2) is 7.04. The number of piperazine rings is 1. The van der Waals surface area contributed by atoms with Crippen molar-refractivity contribution in [3.8, 4) is 6.07 Å². The molecule has 0 radical (unpaired) electrons. The van der Waals surface area contributed by atoms with Gasteiger partial charge in [-0.2, -0.15) is 9.57 Å². The Labute approximate surface area is 165 Å². The molecule has 0 aromatic heterocycles. The fourth-order valence-corrected chi connectivity index (χ4v) is 5.43. The van der Waals surface area contributed by atoms with Crippen molar-refractivity contribution in [3.63, 3.8) is 0 Å². The van der Waals surface area contributed by atoms with Crippen molar-refractivity contribution >= 4 is 15.9 Å². The molecule has 1 saturated heterocycles. The zero-order valence-corrected chi connectivity index (χ0v) is 16.2. The molecule has 0 bridgehead atoms. The molecular weight excluding hydrogens is 374 g/mol. The van der Waals surface area contributed by atoms with E-state index in [1.165, 1.54) is 16.4 Å². The Morgan fingerprint density at radius 3 is 2.14 bits per heavy atom. The second-order valence-corrected chi connectivity index (χ2v) is 9.16. The predicted molar refractivity (Wildman–Crippen MR) is 104 cm³/mol. The van der Waals surface area contributed by atoms with E-state index in [2.05, 4.69) is 0 Å². The minimum Gasteiger partial charge on any atom is -0.339 e.